The largest absolute Gasteiger partial charge is 0.481 e. The fraction of sp³-hybridized carbons (Fsp3) is 0.417. The fourth-order valence-corrected chi connectivity index (χ4v) is 1.44. The molecule has 6 nitrogen and oxygen atoms in total. The van der Waals surface area contributed by atoms with Crippen LogP contribution in [0.1, 0.15) is 31.4 Å². The third-order valence-electron chi connectivity index (χ3n) is 2.43. The molecule has 1 rings (SSSR count). The predicted molar refractivity (Wildman–Crippen MR) is 66.0 cm³/mol. The monoisotopic (exact) mass is 269 g/mol. The first kappa shape index (κ1) is 14.9. The second-order valence-electron chi connectivity index (χ2n) is 4.06. The Morgan fingerprint density at radius 3 is 2.84 bits per heavy atom. The highest BCUT2D eigenvalue weighted by atomic mass is 19.1. The molecule has 0 aromatic carbocycles. The molecule has 0 radical (unpaired) electrons. The minimum atomic E-state index is -0.901. The van der Waals surface area contributed by atoms with Crippen LogP contribution >= 0.6 is 0 Å². The van der Waals surface area contributed by atoms with E-state index in [1.165, 1.54) is 12.3 Å². The van der Waals surface area contributed by atoms with Crippen molar-refractivity contribution in [2.75, 3.05) is 6.54 Å². The Kier molecular flexibility index (Phi) is 5.72. The molecule has 19 heavy (non-hydrogen) atoms. The van der Waals surface area contributed by atoms with Crippen molar-refractivity contribution in [3.8, 4) is 0 Å². The Labute approximate surface area is 110 Å². The van der Waals surface area contributed by atoms with Crippen LogP contribution < -0.4 is 10.6 Å². The van der Waals surface area contributed by atoms with Crippen molar-refractivity contribution < 1.29 is 19.1 Å². The van der Waals surface area contributed by atoms with Crippen molar-refractivity contribution in [3.05, 3.63) is 29.8 Å². The number of urea groups is 1. The molecule has 0 bridgehead atoms. The number of carboxylic acids is 1. The van der Waals surface area contributed by atoms with Crippen molar-refractivity contribution in [2.45, 2.75) is 25.8 Å². The van der Waals surface area contributed by atoms with Crippen LogP contribution in [0.15, 0.2) is 18.5 Å². The maximum atomic E-state index is 12.9. The number of nitrogens with zero attached hydrogens (tertiary/aromatic N) is 1. The van der Waals surface area contributed by atoms with Gasteiger partial charge >= 0.3 is 12.0 Å². The normalized spacial score (nSPS) is 11.7. The molecule has 0 aliphatic heterocycles. The summed E-state index contributed by atoms with van der Waals surface area (Å²) in [6.45, 7) is 1.97. The summed E-state index contributed by atoms with van der Waals surface area (Å²) in [6, 6.07) is 0.479. The van der Waals surface area contributed by atoms with Crippen LogP contribution in [0.2, 0.25) is 0 Å². The van der Waals surface area contributed by atoms with E-state index in [4.69, 9.17) is 5.11 Å². The topological polar surface area (TPSA) is 91.3 Å². The van der Waals surface area contributed by atoms with Gasteiger partial charge in [-0.25, -0.2) is 9.18 Å². The molecule has 2 amide bonds. The molecular weight excluding hydrogens is 253 g/mol. The molecule has 0 saturated heterocycles. The number of aliphatic carboxylic acids is 1. The molecule has 1 aromatic heterocycles. The number of aromatic nitrogens is 1. The predicted octanol–water partition coefficient (Wildman–Crippen LogP) is 1.45. The molecule has 1 unspecified atom stereocenters. The second-order valence-corrected chi connectivity index (χ2v) is 4.06. The number of carboxylic acid groups (broad SMARTS) is 1. The van der Waals surface area contributed by atoms with Crippen LogP contribution in [0.3, 0.4) is 0 Å². The van der Waals surface area contributed by atoms with Gasteiger partial charge in [0.2, 0.25) is 0 Å². The zero-order chi connectivity index (χ0) is 14.3. The van der Waals surface area contributed by atoms with Gasteiger partial charge in [-0.1, -0.05) is 0 Å². The Morgan fingerprint density at radius 1 is 1.47 bits per heavy atom. The molecule has 104 valence electrons. The van der Waals surface area contributed by atoms with Crippen LogP contribution in [0.5, 0.6) is 0 Å². The number of halogens is 1. The van der Waals surface area contributed by atoms with Crippen molar-refractivity contribution >= 4 is 12.0 Å². The van der Waals surface area contributed by atoms with Gasteiger partial charge in [0.1, 0.15) is 5.82 Å². The molecule has 1 heterocycles. The minimum absolute atomic E-state index is 0.00362. The smallest absolute Gasteiger partial charge is 0.315 e. The first-order valence-electron chi connectivity index (χ1n) is 5.85. The summed E-state index contributed by atoms with van der Waals surface area (Å²) < 4.78 is 12.9. The molecule has 0 saturated carbocycles. The summed E-state index contributed by atoms with van der Waals surface area (Å²) in [5.41, 5.74) is 0.556. The lowest BCUT2D eigenvalue weighted by molar-refractivity contribution is -0.137. The van der Waals surface area contributed by atoms with Crippen LogP contribution in [-0.4, -0.2) is 28.6 Å². The van der Waals surface area contributed by atoms with E-state index >= 15 is 0 Å². The van der Waals surface area contributed by atoms with Gasteiger partial charge in [-0.15, -0.1) is 0 Å². The lowest BCUT2D eigenvalue weighted by Crippen LogP contribution is -2.37. The highest BCUT2D eigenvalue weighted by Crippen LogP contribution is 2.11. The summed E-state index contributed by atoms with van der Waals surface area (Å²) >= 11 is 0. The number of hydrogen-bond acceptors (Lipinski definition) is 3. The molecular formula is C12H16FN3O3. The number of carbonyl (C=O) groups is 2. The number of hydrogen-bond donors (Lipinski definition) is 3. The number of nitrogens with one attached hydrogen (secondary N) is 2. The first-order valence-corrected chi connectivity index (χ1v) is 5.85. The number of rotatable bonds is 6. The van der Waals surface area contributed by atoms with Gasteiger partial charge in [0.25, 0.3) is 0 Å². The summed E-state index contributed by atoms with van der Waals surface area (Å²) in [4.78, 5) is 25.4. The van der Waals surface area contributed by atoms with Gasteiger partial charge in [0.05, 0.1) is 12.2 Å². The van der Waals surface area contributed by atoms with E-state index in [1.807, 2.05) is 0 Å². The first-order chi connectivity index (χ1) is 8.99. The molecule has 0 fully saturated rings. The second kappa shape index (κ2) is 7.30. The Balaban J connectivity index is 2.34. The zero-order valence-corrected chi connectivity index (χ0v) is 10.5. The summed E-state index contributed by atoms with van der Waals surface area (Å²) in [5, 5.41) is 13.6. The number of carbonyl (C=O) groups excluding carboxylic acids is 1. The van der Waals surface area contributed by atoms with Crippen molar-refractivity contribution in [1.82, 2.24) is 15.6 Å². The van der Waals surface area contributed by atoms with Gasteiger partial charge in [-0.2, -0.15) is 0 Å². The van der Waals surface area contributed by atoms with E-state index in [9.17, 15) is 14.0 Å². The van der Waals surface area contributed by atoms with E-state index in [-0.39, 0.29) is 19.0 Å². The summed E-state index contributed by atoms with van der Waals surface area (Å²) in [5.74, 6) is -1.37. The standard InChI is InChI=1S/C12H16FN3O3/c1-8(9-5-10(13)7-14-6-9)16-12(19)15-4-2-3-11(17)18/h5-8H,2-4H2,1H3,(H,17,18)(H2,15,16,19). The highest BCUT2D eigenvalue weighted by Gasteiger charge is 2.10. The average Bonchev–Trinajstić information content (AvgIpc) is 2.34. The molecule has 0 aliphatic rings. The lowest BCUT2D eigenvalue weighted by atomic mass is 10.1. The van der Waals surface area contributed by atoms with Gasteiger partial charge in [-0.3, -0.25) is 9.78 Å². The van der Waals surface area contributed by atoms with Gasteiger partial charge < -0.3 is 15.7 Å². The zero-order valence-electron chi connectivity index (χ0n) is 10.5. The molecule has 7 heteroatoms. The SMILES string of the molecule is CC(NC(=O)NCCCC(=O)O)c1cncc(F)c1. The van der Waals surface area contributed by atoms with Crippen LogP contribution in [0.25, 0.3) is 0 Å². The maximum absolute atomic E-state index is 12.9. The average molecular weight is 269 g/mol. The minimum Gasteiger partial charge on any atom is -0.481 e. The Morgan fingerprint density at radius 2 is 2.21 bits per heavy atom. The van der Waals surface area contributed by atoms with Crippen LogP contribution in [0.4, 0.5) is 9.18 Å². The van der Waals surface area contributed by atoms with Crippen LogP contribution in [0, 0.1) is 5.82 Å². The Hall–Kier alpha value is -2.18. The van der Waals surface area contributed by atoms with E-state index < -0.39 is 17.8 Å². The third-order valence-corrected chi connectivity index (χ3v) is 2.43. The van der Waals surface area contributed by atoms with E-state index in [1.54, 1.807) is 6.92 Å². The molecule has 1 aromatic rings. The van der Waals surface area contributed by atoms with Crippen molar-refractivity contribution in [3.63, 3.8) is 0 Å². The highest BCUT2D eigenvalue weighted by molar-refractivity contribution is 5.74. The quantitative estimate of drug-likeness (QED) is 0.681. The summed E-state index contributed by atoms with van der Waals surface area (Å²) in [6.07, 6.45) is 2.92. The Bertz CT molecular complexity index is 454. The molecule has 3 N–H and O–H groups in total. The summed E-state index contributed by atoms with van der Waals surface area (Å²) in [7, 11) is 0. The van der Waals surface area contributed by atoms with Gasteiger partial charge in [-0.05, 0) is 25.0 Å². The van der Waals surface area contributed by atoms with Gasteiger partial charge in [0.15, 0.2) is 0 Å². The maximum Gasteiger partial charge on any atom is 0.315 e. The number of pyridine rings is 1. The third kappa shape index (κ3) is 5.80. The molecule has 0 aliphatic carbocycles. The van der Waals surface area contributed by atoms with E-state index in [2.05, 4.69) is 15.6 Å². The lowest BCUT2D eigenvalue weighted by Gasteiger charge is -2.14. The van der Waals surface area contributed by atoms with Crippen molar-refractivity contribution in [1.29, 1.82) is 0 Å². The molecule has 0 spiro atoms. The van der Waals surface area contributed by atoms with Gasteiger partial charge in [0, 0.05) is 19.2 Å². The number of amides is 2. The fourth-order valence-electron chi connectivity index (χ4n) is 1.44. The van der Waals surface area contributed by atoms with E-state index in [0.717, 1.165) is 6.20 Å². The van der Waals surface area contributed by atoms with E-state index in [0.29, 0.717) is 12.0 Å². The molecule has 1 atom stereocenters. The van der Waals surface area contributed by atoms with Crippen molar-refractivity contribution in [2.24, 2.45) is 0 Å². The van der Waals surface area contributed by atoms with Crippen LogP contribution in [-0.2, 0) is 4.79 Å².